The molecular weight excluding hydrogens is 2230 g/mol. The minimum Gasteiger partial charge on any atom is -0.385 e. The molecule has 0 bridgehead atoms. The van der Waals surface area contributed by atoms with E-state index in [0.717, 1.165) is 133 Å². The Hall–Kier alpha value is -12.6. The Morgan fingerprint density at radius 3 is 0.872 bits per heavy atom. The second-order valence-corrected chi connectivity index (χ2v) is 49.2. The number of halogens is 8. The Labute approximate surface area is 901 Å². The zero-order valence-corrected chi connectivity index (χ0v) is 90.1. The number of carbonyl (C=O) groups excluding carboxylic acids is 4. The molecule has 2 aliphatic rings. The smallest absolute Gasteiger partial charge is 0.333 e. The van der Waals surface area contributed by atoms with E-state index in [0.29, 0.717) is 66.4 Å². The highest BCUT2D eigenvalue weighted by atomic mass is 35.5. The lowest BCUT2D eigenvalue weighted by atomic mass is 10.1. The Kier molecular flexibility index (Phi) is 35.8. The average molecular weight is 2320 g/mol. The van der Waals surface area contributed by atoms with Gasteiger partial charge in [-0.3, -0.25) is 37.4 Å². The molecule has 1 aliphatic carbocycles. The third-order valence-electron chi connectivity index (χ3n) is 22.0. The molecule has 8 amide bonds. The predicted molar refractivity (Wildman–Crippen MR) is 590 cm³/mol. The number of thiophene rings is 4. The van der Waals surface area contributed by atoms with Gasteiger partial charge in [0, 0.05) is 84.8 Å². The Morgan fingerprint density at radius 2 is 0.615 bits per heavy atom. The minimum atomic E-state index is -4.08. The Balaban J connectivity index is 0.000000148. The number of amides is 8. The van der Waals surface area contributed by atoms with Crippen LogP contribution in [0, 0.1) is 5.92 Å². The summed E-state index contributed by atoms with van der Waals surface area (Å²) in [5.74, 6) is 0.719. The van der Waals surface area contributed by atoms with Crippen LogP contribution >= 0.6 is 138 Å². The number of fused-ring (bicyclic) bond motifs is 4. The predicted octanol–water partition coefficient (Wildman–Crippen LogP) is 19.6. The van der Waals surface area contributed by atoms with Crippen molar-refractivity contribution >= 4 is 291 Å². The van der Waals surface area contributed by atoms with Gasteiger partial charge in [-0.15, -0.1) is 45.3 Å². The largest absolute Gasteiger partial charge is 0.385 e. The van der Waals surface area contributed by atoms with Crippen molar-refractivity contribution < 1.29 is 52.8 Å². The van der Waals surface area contributed by atoms with Gasteiger partial charge in [0.15, 0.2) is 0 Å². The van der Waals surface area contributed by atoms with Gasteiger partial charge in [0.1, 0.15) is 42.1 Å². The van der Waals surface area contributed by atoms with Gasteiger partial charge in [-0.25, -0.2) is 91.7 Å². The van der Waals surface area contributed by atoms with Crippen LogP contribution in [0.5, 0.6) is 0 Å². The van der Waals surface area contributed by atoms with Crippen LogP contribution < -0.4 is 83.7 Å². The molecule has 2 fully saturated rings. The molecule has 148 heavy (non-hydrogen) atoms. The monoisotopic (exact) mass is 2310 g/mol. The average Bonchev–Trinajstić information content (AvgIpc) is 1.17. The SMILES string of the molecule is CCCNc1ccc2c(=O)n(-c3ccc(NC(=O)NS(=O)(=O)c4ccc(Cl)s4)cc3Cl)cnc2c1.CN(C)CCNc1ccc2c(=O)n(-c3ccc(NC(=O)NS(=O)(=O)c4ccc(Cl)s4)cc3Cl)cnc2c1.O=C(Nc1ccc(-n2cnc3cc(NCC4CC4)ccc3c2=O)c(Cl)c1)NS(=O)(=O)c1ccc(Cl)s1.O=C(Nc1ccc(-n2cnc3cc(NCCN4CCCCC4)ccc3c2=O)c(Cl)c1)NS(=O)(=O)c1ccc(Cl)s1. The molecule has 16 aromatic rings. The van der Waals surface area contributed by atoms with E-state index >= 15 is 0 Å². The normalized spacial score (nSPS) is 12.7. The number of hydrogen-bond donors (Lipinski definition) is 12. The fourth-order valence-corrected chi connectivity index (χ4v) is 25.3. The summed E-state index contributed by atoms with van der Waals surface area (Å²) in [6, 6.07) is 46.2. The van der Waals surface area contributed by atoms with Crippen LogP contribution in [0.2, 0.25) is 37.4 Å². The van der Waals surface area contributed by atoms with Gasteiger partial charge in [0.05, 0.1) is 104 Å². The van der Waals surface area contributed by atoms with Crippen molar-refractivity contribution in [2.24, 2.45) is 5.92 Å². The molecule has 8 aromatic carbocycles. The third kappa shape index (κ3) is 28.3. The van der Waals surface area contributed by atoms with Crippen molar-refractivity contribution in [1.82, 2.24) is 66.9 Å². The van der Waals surface area contributed by atoms with Gasteiger partial charge in [0.2, 0.25) is 0 Å². The number of nitrogens with zero attached hydrogens (tertiary/aromatic N) is 10. The zero-order valence-electron chi connectivity index (χ0n) is 77.6. The van der Waals surface area contributed by atoms with E-state index in [2.05, 4.69) is 79.2 Å². The van der Waals surface area contributed by atoms with Gasteiger partial charge in [-0.05, 0) is 259 Å². The number of likely N-dealkylation sites (tertiary alicyclic amines) is 1. The molecule has 1 saturated heterocycles. The zero-order chi connectivity index (χ0) is 106. The van der Waals surface area contributed by atoms with Crippen LogP contribution in [0.1, 0.15) is 45.4 Å². The van der Waals surface area contributed by atoms with E-state index < -0.39 is 64.2 Å². The maximum absolute atomic E-state index is 13.3. The van der Waals surface area contributed by atoms with Crippen LogP contribution in [0.4, 0.5) is 64.7 Å². The van der Waals surface area contributed by atoms with Crippen LogP contribution in [-0.2, 0) is 40.1 Å². The molecule has 0 spiro atoms. The molecule has 1 saturated carbocycles. The maximum atomic E-state index is 13.3. The third-order valence-corrected chi connectivity index (χ3v) is 35.5. The van der Waals surface area contributed by atoms with Crippen molar-refractivity contribution in [3.05, 3.63) is 298 Å². The molecule has 8 aromatic heterocycles. The number of sulfonamides is 4. The molecule has 38 nitrogen and oxygen atoms in total. The molecule has 0 unspecified atom stereocenters. The van der Waals surface area contributed by atoms with Gasteiger partial charge >= 0.3 is 24.1 Å². The van der Waals surface area contributed by atoms with Crippen LogP contribution in [-0.4, -0.2) is 172 Å². The Morgan fingerprint density at radius 1 is 0.345 bits per heavy atom. The topological polar surface area (TPSA) is 495 Å². The lowest BCUT2D eigenvalue weighted by Gasteiger charge is -2.26. The second-order valence-electron chi connectivity index (χ2n) is 33.1. The van der Waals surface area contributed by atoms with Crippen molar-refractivity contribution in [3.8, 4) is 22.7 Å². The van der Waals surface area contributed by atoms with Crippen molar-refractivity contribution in [1.29, 1.82) is 0 Å². The van der Waals surface area contributed by atoms with Crippen molar-refractivity contribution in [2.75, 3.05) is 109 Å². The van der Waals surface area contributed by atoms with Gasteiger partial charge in [-0.2, -0.15) is 0 Å². The second kappa shape index (κ2) is 48.4. The summed E-state index contributed by atoms with van der Waals surface area (Å²) in [5.41, 5.74) is 6.86. The lowest BCUT2D eigenvalue weighted by molar-refractivity contribution is 0.237. The summed E-state index contributed by atoms with van der Waals surface area (Å²) in [5, 5.41) is 25.3. The number of benzene rings is 8. The fourth-order valence-electron chi connectivity index (χ4n) is 14.6. The highest BCUT2D eigenvalue weighted by molar-refractivity contribution is 7.93. The molecule has 9 heterocycles. The Bertz CT molecular complexity index is 8540. The van der Waals surface area contributed by atoms with Crippen molar-refractivity contribution in [3.63, 3.8) is 0 Å². The van der Waals surface area contributed by atoms with E-state index in [1.54, 1.807) is 24.3 Å². The first-order valence-corrected chi connectivity index (χ1v) is 56.8. The first-order chi connectivity index (χ1) is 70.6. The molecule has 0 atom stereocenters. The van der Waals surface area contributed by atoms with E-state index in [4.69, 9.17) is 92.8 Å². The van der Waals surface area contributed by atoms with Crippen LogP contribution in [0.15, 0.2) is 255 Å². The van der Waals surface area contributed by atoms with E-state index in [-0.39, 0.29) is 99.3 Å². The number of likely N-dealkylation sites (N-methyl/N-ethyl adjacent to an activating group) is 1. The van der Waals surface area contributed by atoms with Crippen LogP contribution in [0.25, 0.3) is 66.4 Å². The van der Waals surface area contributed by atoms with E-state index in [1.165, 1.54) is 197 Å². The summed E-state index contributed by atoms with van der Waals surface area (Å²) < 4.78 is 112. The number of piperidine rings is 1. The van der Waals surface area contributed by atoms with Gasteiger partial charge < -0.3 is 52.3 Å². The molecule has 1 aliphatic heterocycles. The molecule has 0 radical (unpaired) electrons. The quantitative estimate of drug-likeness (QED) is 0.0199. The number of carbonyl (C=O) groups is 4. The number of aromatic nitrogens is 8. The highest BCUT2D eigenvalue weighted by Crippen LogP contribution is 2.36. The fraction of sp³-hybridized carbons (Fsp3) is 0.191. The number of urea groups is 4. The summed E-state index contributed by atoms with van der Waals surface area (Å²) in [7, 11) is -12.3. The maximum Gasteiger partial charge on any atom is 0.333 e. The summed E-state index contributed by atoms with van der Waals surface area (Å²) in [6.07, 6.45) is 12.8. The summed E-state index contributed by atoms with van der Waals surface area (Å²) >= 11 is 52.0. The van der Waals surface area contributed by atoms with Gasteiger partial charge in [0.25, 0.3) is 62.3 Å². The number of hydrogen-bond acceptors (Lipinski definition) is 30. The van der Waals surface area contributed by atoms with Crippen LogP contribution in [0.3, 0.4) is 0 Å². The number of anilines is 8. The standard InChI is InChI=1S/C26H26Cl2N6O4S2.C23H22Cl2N6O4S2.C23H19Cl2N5O4S2.C22H19Cl2N5O4S2/c27-20-14-18(31-26(36)32-40(37,38)24-9-8-23(28)39-24)5-7-22(20)34-16-30-21-15-17(4-6-19(21)25(34)35)29-10-13-33-11-2-1-3-12-33;1-30(2)10-9-26-14-3-5-16-18(12-14)27-13-31(22(16)32)19-6-4-15(11-17(19)24)28-23(33)29-37(34,35)21-8-7-20(25)36-21;24-17-9-15(28-23(32)29-36(33,34)21-8-7-20(25)35-21)4-6-19(17)30-12-27-18-10-14(26-11-13-1-2-13)3-5-16(18)22(30)31;1-2-9-25-13-3-5-15-17(11-13)26-12-29(21(15)30)18-6-4-14(10-16(18)23)27-22(31)28-35(32,33)20-8-7-19(24)34-20/h4-9,14-16,29H,1-3,10-13H2,(H2,31,32,36);3-8,11-13,26H,9-10H2,1-2H3,(H2,28,29,33);3-10,12-13,26H,1-2,11H2,(H2,28,29,32);3-8,10-12,25H,2,9H2,1H3,(H2,27,28,31). The summed E-state index contributed by atoms with van der Waals surface area (Å²) in [4.78, 5) is 124. The van der Waals surface area contributed by atoms with Crippen molar-refractivity contribution in [2.45, 2.75) is 62.3 Å². The van der Waals surface area contributed by atoms with Gasteiger partial charge in [-0.1, -0.05) is 106 Å². The molecule has 772 valence electrons. The molecule has 18 rings (SSSR count). The lowest BCUT2D eigenvalue weighted by Crippen LogP contribution is -2.34. The van der Waals surface area contributed by atoms with E-state index in [9.17, 15) is 72.0 Å². The highest BCUT2D eigenvalue weighted by Gasteiger charge is 2.28. The summed E-state index contributed by atoms with van der Waals surface area (Å²) in [6.45, 7) is 9.44. The first kappa shape index (κ1) is 110. The number of nitrogens with one attached hydrogen (secondary N) is 12. The first-order valence-electron chi connectivity index (χ1n) is 44.5. The molecular formula is C94H86Cl8N22O16S8. The molecule has 12 N–H and O–H groups in total. The molecule has 54 heteroatoms. The minimum absolute atomic E-state index is 0.0926. The number of rotatable bonds is 30. The van der Waals surface area contributed by atoms with E-state index in [1.807, 2.05) is 81.5 Å².